The summed E-state index contributed by atoms with van der Waals surface area (Å²) in [4.78, 5) is 9.12. The SMILES string of the molecule is CCCn1nc(-c2ccccc2)nc1Cc1ccc(-c2cnccc2-c2nn[nH]n2)cc1. The number of hydrogen-bond acceptors (Lipinski definition) is 6. The van der Waals surface area contributed by atoms with Gasteiger partial charge in [0.1, 0.15) is 5.82 Å². The first-order valence-electron chi connectivity index (χ1n) is 10.6. The van der Waals surface area contributed by atoms with Crippen molar-refractivity contribution in [3.63, 3.8) is 0 Å². The second-order valence-corrected chi connectivity index (χ2v) is 7.47. The van der Waals surface area contributed by atoms with E-state index in [9.17, 15) is 0 Å². The second-order valence-electron chi connectivity index (χ2n) is 7.47. The van der Waals surface area contributed by atoms with E-state index in [-0.39, 0.29) is 0 Å². The Balaban J connectivity index is 1.42. The predicted octanol–water partition coefficient (Wildman–Crippen LogP) is 4.19. The molecule has 0 atom stereocenters. The molecule has 3 aromatic heterocycles. The zero-order valence-corrected chi connectivity index (χ0v) is 17.7. The summed E-state index contributed by atoms with van der Waals surface area (Å²) in [6.45, 7) is 2.99. The van der Waals surface area contributed by atoms with Crippen LogP contribution >= 0.6 is 0 Å². The van der Waals surface area contributed by atoms with Gasteiger partial charge in [0.25, 0.3) is 0 Å². The normalized spacial score (nSPS) is 11.0. The maximum Gasteiger partial charge on any atom is 0.205 e. The molecule has 0 aliphatic carbocycles. The zero-order chi connectivity index (χ0) is 21.8. The van der Waals surface area contributed by atoms with Gasteiger partial charge in [0.15, 0.2) is 5.82 Å². The van der Waals surface area contributed by atoms with Crippen molar-refractivity contribution in [3.8, 4) is 33.9 Å². The molecule has 0 bridgehead atoms. The number of aromatic nitrogens is 8. The summed E-state index contributed by atoms with van der Waals surface area (Å²) in [5.41, 5.74) is 5.09. The number of tetrazole rings is 1. The Morgan fingerprint density at radius 1 is 0.875 bits per heavy atom. The van der Waals surface area contributed by atoms with E-state index in [2.05, 4.69) is 56.8 Å². The summed E-state index contributed by atoms with van der Waals surface area (Å²) in [7, 11) is 0. The van der Waals surface area contributed by atoms with Crippen molar-refractivity contribution < 1.29 is 0 Å². The highest BCUT2D eigenvalue weighted by atomic mass is 15.5. The van der Waals surface area contributed by atoms with E-state index in [0.29, 0.717) is 12.2 Å². The molecule has 0 radical (unpaired) electrons. The molecular weight excluding hydrogens is 400 g/mol. The highest BCUT2D eigenvalue weighted by Gasteiger charge is 2.14. The molecule has 5 aromatic rings. The Bertz CT molecular complexity index is 1290. The minimum Gasteiger partial charge on any atom is -0.264 e. The average Bonchev–Trinajstić information content (AvgIpc) is 3.51. The Labute approximate surface area is 185 Å². The number of rotatable bonds is 7. The molecule has 1 N–H and O–H groups in total. The van der Waals surface area contributed by atoms with Crippen LogP contribution in [0.4, 0.5) is 0 Å². The zero-order valence-electron chi connectivity index (χ0n) is 17.7. The van der Waals surface area contributed by atoms with Crippen LogP contribution in [-0.2, 0) is 13.0 Å². The first kappa shape index (κ1) is 19.7. The highest BCUT2D eigenvalue weighted by Crippen LogP contribution is 2.29. The standard InChI is InChI=1S/C24H22N8/c1-2-14-32-22(26-23(29-32)19-6-4-3-5-7-19)15-17-8-10-18(11-9-17)21-16-25-13-12-20(21)24-27-30-31-28-24/h3-13,16H,2,14-15H2,1H3,(H,27,28,30,31). The fourth-order valence-corrected chi connectivity index (χ4v) is 3.69. The topological polar surface area (TPSA) is 98.1 Å². The lowest BCUT2D eigenvalue weighted by molar-refractivity contribution is 0.577. The van der Waals surface area contributed by atoms with Crippen LogP contribution < -0.4 is 0 Å². The number of hydrogen-bond donors (Lipinski definition) is 1. The van der Waals surface area contributed by atoms with Crippen LogP contribution in [0.15, 0.2) is 73.1 Å². The molecule has 0 saturated carbocycles. The summed E-state index contributed by atoms with van der Waals surface area (Å²) in [6, 6.07) is 20.4. The first-order chi connectivity index (χ1) is 15.8. The average molecular weight is 422 g/mol. The predicted molar refractivity (Wildman–Crippen MR) is 121 cm³/mol. The summed E-state index contributed by atoms with van der Waals surface area (Å²) in [5, 5.41) is 19.1. The van der Waals surface area contributed by atoms with Gasteiger partial charge in [-0.1, -0.05) is 61.5 Å². The fraction of sp³-hybridized carbons (Fsp3) is 0.167. The number of benzene rings is 2. The molecule has 2 aromatic carbocycles. The maximum absolute atomic E-state index is 4.84. The molecule has 8 heteroatoms. The molecule has 5 rings (SSSR count). The molecule has 0 saturated heterocycles. The minimum absolute atomic E-state index is 0.549. The number of H-pyrrole nitrogens is 1. The van der Waals surface area contributed by atoms with Crippen molar-refractivity contribution in [1.29, 1.82) is 0 Å². The molecule has 8 nitrogen and oxygen atoms in total. The van der Waals surface area contributed by atoms with Gasteiger partial charge in [-0.05, 0) is 28.8 Å². The molecule has 0 spiro atoms. The van der Waals surface area contributed by atoms with Gasteiger partial charge in [0, 0.05) is 42.0 Å². The molecule has 158 valence electrons. The number of aryl methyl sites for hydroxylation is 1. The van der Waals surface area contributed by atoms with Gasteiger partial charge >= 0.3 is 0 Å². The Morgan fingerprint density at radius 3 is 2.47 bits per heavy atom. The molecule has 0 aliphatic rings. The van der Waals surface area contributed by atoms with Gasteiger partial charge in [-0.15, -0.1) is 10.2 Å². The third-order valence-corrected chi connectivity index (χ3v) is 5.25. The molecule has 0 amide bonds. The van der Waals surface area contributed by atoms with E-state index in [1.54, 1.807) is 6.20 Å². The monoisotopic (exact) mass is 422 g/mol. The van der Waals surface area contributed by atoms with Crippen LogP contribution in [-0.4, -0.2) is 40.4 Å². The smallest absolute Gasteiger partial charge is 0.205 e. The third-order valence-electron chi connectivity index (χ3n) is 5.25. The number of aromatic amines is 1. The summed E-state index contributed by atoms with van der Waals surface area (Å²) in [6.07, 6.45) is 5.27. The minimum atomic E-state index is 0.549. The molecular formula is C24H22N8. The van der Waals surface area contributed by atoms with E-state index in [0.717, 1.165) is 46.9 Å². The fourth-order valence-electron chi connectivity index (χ4n) is 3.69. The van der Waals surface area contributed by atoms with Crippen molar-refractivity contribution in [2.45, 2.75) is 26.3 Å². The Morgan fingerprint density at radius 2 is 1.72 bits per heavy atom. The van der Waals surface area contributed by atoms with Crippen molar-refractivity contribution in [2.24, 2.45) is 0 Å². The third kappa shape index (κ3) is 4.02. The van der Waals surface area contributed by atoms with Crippen molar-refractivity contribution >= 4 is 0 Å². The van der Waals surface area contributed by atoms with E-state index in [1.165, 1.54) is 5.56 Å². The Hall–Kier alpha value is -4.20. The summed E-state index contributed by atoms with van der Waals surface area (Å²) in [5.74, 6) is 2.28. The Kier molecular flexibility index (Phi) is 5.48. The summed E-state index contributed by atoms with van der Waals surface area (Å²) >= 11 is 0. The number of nitrogens with zero attached hydrogens (tertiary/aromatic N) is 7. The van der Waals surface area contributed by atoms with Crippen LogP contribution in [0.5, 0.6) is 0 Å². The van der Waals surface area contributed by atoms with Crippen molar-refractivity contribution in [3.05, 3.63) is 84.4 Å². The van der Waals surface area contributed by atoms with Gasteiger partial charge < -0.3 is 0 Å². The van der Waals surface area contributed by atoms with E-state index in [4.69, 9.17) is 10.1 Å². The van der Waals surface area contributed by atoms with Crippen LogP contribution in [0.1, 0.15) is 24.7 Å². The van der Waals surface area contributed by atoms with Crippen LogP contribution in [0.2, 0.25) is 0 Å². The summed E-state index contributed by atoms with van der Waals surface area (Å²) < 4.78 is 2.02. The lowest BCUT2D eigenvalue weighted by Crippen LogP contribution is -2.06. The van der Waals surface area contributed by atoms with Crippen molar-refractivity contribution in [1.82, 2.24) is 40.4 Å². The second kappa shape index (κ2) is 8.89. The molecule has 0 fully saturated rings. The van der Waals surface area contributed by atoms with Crippen molar-refractivity contribution in [2.75, 3.05) is 0 Å². The lowest BCUT2D eigenvalue weighted by Gasteiger charge is -2.08. The van der Waals surface area contributed by atoms with Gasteiger partial charge in [-0.2, -0.15) is 10.3 Å². The van der Waals surface area contributed by atoms with Gasteiger partial charge in [-0.3, -0.25) is 4.98 Å². The van der Waals surface area contributed by atoms with E-state index >= 15 is 0 Å². The maximum atomic E-state index is 4.84. The van der Waals surface area contributed by atoms with E-state index < -0.39 is 0 Å². The van der Waals surface area contributed by atoms with Gasteiger partial charge in [-0.25, -0.2) is 9.67 Å². The van der Waals surface area contributed by atoms with Crippen LogP contribution in [0.3, 0.4) is 0 Å². The van der Waals surface area contributed by atoms with Crippen LogP contribution in [0.25, 0.3) is 33.9 Å². The van der Waals surface area contributed by atoms with E-state index in [1.807, 2.05) is 47.3 Å². The number of nitrogens with one attached hydrogen (secondary N) is 1. The number of pyridine rings is 1. The molecule has 0 unspecified atom stereocenters. The quantitative estimate of drug-likeness (QED) is 0.422. The van der Waals surface area contributed by atoms with Gasteiger partial charge in [0.05, 0.1) is 0 Å². The molecule has 3 heterocycles. The first-order valence-corrected chi connectivity index (χ1v) is 10.6. The van der Waals surface area contributed by atoms with Crippen LogP contribution in [0, 0.1) is 0 Å². The molecule has 0 aliphatic heterocycles. The highest BCUT2D eigenvalue weighted by molar-refractivity contribution is 5.79. The lowest BCUT2D eigenvalue weighted by atomic mass is 9.99. The molecule has 32 heavy (non-hydrogen) atoms. The largest absolute Gasteiger partial charge is 0.264 e. The van der Waals surface area contributed by atoms with Gasteiger partial charge in [0.2, 0.25) is 5.82 Å².